The summed E-state index contributed by atoms with van der Waals surface area (Å²) < 4.78 is 10.5. The van der Waals surface area contributed by atoms with E-state index in [9.17, 15) is 9.59 Å². The predicted octanol–water partition coefficient (Wildman–Crippen LogP) is 2.13. The van der Waals surface area contributed by atoms with E-state index in [1.54, 1.807) is 27.3 Å². The van der Waals surface area contributed by atoms with Gasteiger partial charge in [-0.05, 0) is 31.0 Å². The highest BCUT2D eigenvalue weighted by atomic mass is 16.5. The SMILES string of the molecule is COc1ccc2c(C)c(CCC(=O)N(C)C)c(=O)oc2c1. The highest BCUT2D eigenvalue weighted by Gasteiger charge is 2.14. The van der Waals surface area contributed by atoms with Crippen molar-refractivity contribution in [3.8, 4) is 5.75 Å². The van der Waals surface area contributed by atoms with Crippen LogP contribution in [0.2, 0.25) is 0 Å². The highest BCUT2D eigenvalue weighted by molar-refractivity contribution is 5.82. The topological polar surface area (TPSA) is 59.8 Å². The largest absolute Gasteiger partial charge is 0.497 e. The molecule has 0 aliphatic heterocycles. The van der Waals surface area contributed by atoms with Gasteiger partial charge in [-0.25, -0.2) is 4.79 Å². The van der Waals surface area contributed by atoms with Gasteiger partial charge in [0.25, 0.3) is 0 Å². The van der Waals surface area contributed by atoms with Crippen LogP contribution >= 0.6 is 0 Å². The number of amides is 1. The summed E-state index contributed by atoms with van der Waals surface area (Å²) in [5.74, 6) is 0.629. The lowest BCUT2D eigenvalue weighted by Crippen LogP contribution is -2.23. The number of methoxy groups -OCH3 is 1. The lowest BCUT2D eigenvalue weighted by molar-refractivity contribution is -0.128. The van der Waals surface area contributed by atoms with E-state index in [-0.39, 0.29) is 11.5 Å². The van der Waals surface area contributed by atoms with Gasteiger partial charge in [0.1, 0.15) is 11.3 Å². The fraction of sp³-hybridized carbons (Fsp3) is 0.375. The summed E-state index contributed by atoms with van der Waals surface area (Å²) in [7, 11) is 4.96. The molecule has 2 aromatic rings. The number of aryl methyl sites for hydroxylation is 1. The van der Waals surface area contributed by atoms with Gasteiger partial charge in [0.05, 0.1) is 7.11 Å². The van der Waals surface area contributed by atoms with Crippen LogP contribution in [0, 0.1) is 6.92 Å². The van der Waals surface area contributed by atoms with E-state index < -0.39 is 0 Å². The van der Waals surface area contributed by atoms with Crippen molar-refractivity contribution in [3.63, 3.8) is 0 Å². The van der Waals surface area contributed by atoms with Crippen LogP contribution in [0.25, 0.3) is 11.0 Å². The number of carbonyl (C=O) groups is 1. The predicted molar refractivity (Wildman–Crippen MR) is 80.8 cm³/mol. The normalized spacial score (nSPS) is 10.7. The first-order chi connectivity index (χ1) is 9.93. The van der Waals surface area contributed by atoms with Crippen LogP contribution in [-0.2, 0) is 11.2 Å². The molecule has 5 nitrogen and oxygen atoms in total. The molecule has 2 rings (SSSR count). The van der Waals surface area contributed by atoms with Gasteiger partial charge in [0.2, 0.25) is 5.91 Å². The van der Waals surface area contributed by atoms with Gasteiger partial charge in [-0.1, -0.05) is 0 Å². The van der Waals surface area contributed by atoms with Gasteiger partial charge in [-0.15, -0.1) is 0 Å². The Morgan fingerprint density at radius 1 is 1.33 bits per heavy atom. The van der Waals surface area contributed by atoms with E-state index >= 15 is 0 Å². The highest BCUT2D eigenvalue weighted by Crippen LogP contribution is 2.24. The average molecular weight is 289 g/mol. The van der Waals surface area contributed by atoms with Crippen molar-refractivity contribution in [1.29, 1.82) is 0 Å². The Balaban J connectivity index is 2.41. The van der Waals surface area contributed by atoms with Crippen LogP contribution in [0.4, 0.5) is 0 Å². The van der Waals surface area contributed by atoms with E-state index in [0.717, 1.165) is 10.9 Å². The van der Waals surface area contributed by atoms with E-state index in [2.05, 4.69) is 0 Å². The molecular formula is C16H19NO4. The lowest BCUT2D eigenvalue weighted by atomic mass is 10.0. The second kappa shape index (κ2) is 5.99. The smallest absolute Gasteiger partial charge is 0.339 e. The van der Waals surface area contributed by atoms with E-state index in [4.69, 9.17) is 9.15 Å². The van der Waals surface area contributed by atoms with Crippen LogP contribution in [-0.4, -0.2) is 32.0 Å². The molecule has 0 fully saturated rings. The van der Waals surface area contributed by atoms with Gasteiger partial charge in [0, 0.05) is 37.5 Å². The molecule has 1 aromatic carbocycles. The third-order valence-corrected chi connectivity index (χ3v) is 3.58. The minimum absolute atomic E-state index is 0.0105. The van der Waals surface area contributed by atoms with Gasteiger partial charge in [0.15, 0.2) is 0 Å². The molecule has 0 atom stereocenters. The molecule has 1 amide bonds. The van der Waals surface area contributed by atoms with E-state index in [1.165, 1.54) is 4.90 Å². The van der Waals surface area contributed by atoms with Crippen molar-refractivity contribution in [2.75, 3.05) is 21.2 Å². The molecule has 0 N–H and O–H groups in total. The zero-order valence-electron chi connectivity index (χ0n) is 12.7. The van der Waals surface area contributed by atoms with Crippen molar-refractivity contribution in [2.45, 2.75) is 19.8 Å². The molecule has 5 heteroatoms. The standard InChI is InChI=1S/C16H19NO4/c1-10-12-6-5-11(20-4)9-14(12)21-16(19)13(10)7-8-15(18)17(2)3/h5-6,9H,7-8H2,1-4H3. The molecule has 0 unspecified atom stereocenters. The maximum absolute atomic E-state index is 12.1. The third kappa shape index (κ3) is 3.07. The summed E-state index contributed by atoms with van der Waals surface area (Å²) in [6.07, 6.45) is 0.674. The van der Waals surface area contributed by atoms with Crippen LogP contribution in [0.3, 0.4) is 0 Å². The van der Waals surface area contributed by atoms with Crippen LogP contribution in [0.1, 0.15) is 17.5 Å². The molecule has 0 bridgehead atoms. The Labute approximate surface area is 123 Å². The van der Waals surface area contributed by atoms with Crippen LogP contribution in [0.15, 0.2) is 27.4 Å². The Hall–Kier alpha value is -2.30. The Bertz CT molecular complexity index is 731. The average Bonchev–Trinajstić information content (AvgIpc) is 2.45. The van der Waals surface area contributed by atoms with Gasteiger partial charge in [-0.3, -0.25) is 4.79 Å². The molecule has 21 heavy (non-hydrogen) atoms. The van der Waals surface area contributed by atoms with Crippen molar-refractivity contribution in [1.82, 2.24) is 4.90 Å². The molecule has 1 aromatic heterocycles. The summed E-state index contributed by atoms with van der Waals surface area (Å²) in [5, 5.41) is 0.864. The number of rotatable bonds is 4. The molecule has 1 heterocycles. The summed E-state index contributed by atoms with van der Waals surface area (Å²) in [5.41, 5.74) is 1.53. The maximum Gasteiger partial charge on any atom is 0.339 e. The summed E-state index contributed by atoms with van der Waals surface area (Å²) >= 11 is 0. The summed E-state index contributed by atoms with van der Waals surface area (Å²) in [6, 6.07) is 5.38. The summed E-state index contributed by atoms with van der Waals surface area (Å²) in [6.45, 7) is 1.88. The lowest BCUT2D eigenvalue weighted by Gasteiger charge is -2.11. The molecule has 0 radical (unpaired) electrons. The van der Waals surface area contributed by atoms with Gasteiger partial charge < -0.3 is 14.1 Å². The second-order valence-corrected chi connectivity index (χ2v) is 5.14. The quantitative estimate of drug-likeness (QED) is 0.809. The molecule has 0 saturated carbocycles. The van der Waals surface area contributed by atoms with Crippen LogP contribution < -0.4 is 10.4 Å². The number of nitrogens with zero attached hydrogens (tertiary/aromatic N) is 1. The minimum Gasteiger partial charge on any atom is -0.497 e. The molecule has 0 aliphatic carbocycles. The first-order valence-electron chi connectivity index (χ1n) is 6.74. The maximum atomic E-state index is 12.1. The van der Waals surface area contributed by atoms with Crippen molar-refractivity contribution >= 4 is 16.9 Å². The molecule has 0 spiro atoms. The zero-order chi connectivity index (χ0) is 15.6. The van der Waals surface area contributed by atoms with E-state index in [1.807, 2.05) is 19.1 Å². The Morgan fingerprint density at radius 2 is 2.05 bits per heavy atom. The van der Waals surface area contributed by atoms with Crippen molar-refractivity contribution in [2.24, 2.45) is 0 Å². The third-order valence-electron chi connectivity index (χ3n) is 3.58. The molecule has 0 saturated heterocycles. The number of ether oxygens (including phenoxy) is 1. The fourth-order valence-corrected chi connectivity index (χ4v) is 2.25. The van der Waals surface area contributed by atoms with Gasteiger partial charge in [-0.2, -0.15) is 0 Å². The number of hydrogen-bond acceptors (Lipinski definition) is 4. The molecule has 0 aliphatic rings. The number of hydrogen-bond donors (Lipinski definition) is 0. The first kappa shape index (κ1) is 15.1. The van der Waals surface area contributed by atoms with E-state index in [0.29, 0.717) is 29.7 Å². The number of fused-ring (bicyclic) bond motifs is 1. The molecule has 112 valence electrons. The zero-order valence-corrected chi connectivity index (χ0v) is 12.7. The Morgan fingerprint density at radius 3 is 2.67 bits per heavy atom. The van der Waals surface area contributed by atoms with Gasteiger partial charge >= 0.3 is 5.63 Å². The van der Waals surface area contributed by atoms with Crippen LogP contribution in [0.5, 0.6) is 5.75 Å². The monoisotopic (exact) mass is 289 g/mol. The summed E-state index contributed by atoms with van der Waals surface area (Å²) in [4.78, 5) is 25.3. The van der Waals surface area contributed by atoms with Crippen molar-refractivity contribution in [3.05, 3.63) is 39.7 Å². The minimum atomic E-state index is -0.389. The second-order valence-electron chi connectivity index (χ2n) is 5.14. The number of benzene rings is 1. The molecular weight excluding hydrogens is 270 g/mol. The van der Waals surface area contributed by atoms with Crippen molar-refractivity contribution < 1.29 is 13.9 Å². The fourth-order valence-electron chi connectivity index (χ4n) is 2.25. The first-order valence-corrected chi connectivity index (χ1v) is 6.74. The Kier molecular flexibility index (Phi) is 4.31. The number of carbonyl (C=O) groups excluding carboxylic acids is 1.